The minimum absolute atomic E-state index is 0.0441. The zero-order valence-corrected chi connectivity index (χ0v) is 16.4. The monoisotopic (exact) mass is 383 g/mol. The molecule has 0 unspecified atom stereocenters. The number of thiazole rings is 1. The van der Waals surface area contributed by atoms with E-state index in [1.807, 2.05) is 49.7 Å². The average molecular weight is 383 g/mol. The third-order valence-corrected chi connectivity index (χ3v) is 5.39. The number of benzene rings is 1. The lowest BCUT2D eigenvalue weighted by Crippen LogP contribution is -2.40. The lowest BCUT2D eigenvalue weighted by Gasteiger charge is -2.25. The first-order valence-electron chi connectivity index (χ1n) is 8.71. The molecule has 0 radical (unpaired) electrons. The fourth-order valence-corrected chi connectivity index (χ4v) is 3.79. The number of nitrogens with zero attached hydrogens (tertiary/aromatic N) is 5. The highest BCUT2D eigenvalue weighted by Crippen LogP contribution is 2.24. The summed E-state index contributed by atoms with van der Waals surface area (Å²) < 4.78 is 7.00. The minimum atomic E-state index is -0.0441. The third kappa shape index (κ3) is 3.40. The van der Waals surface area contributed by atoms with Gasteiger partial charge in [-0.3, -0.25) is 14.4 Å². The Balaban J connectivity index is 1.51. The predicted octanol–water partition coefficient (Wildman–Crippen LogP) is 2.95. The number of anilines is 2. The Morgan fingerprint density at radius 1 is 1.26 bits per heavy atom. The number of amides is 1. The van der Waals surface area contributed by atoms with Gasteiger partial charge in [0.15, 0.2) is 0 Å². The Morgan fingerprint density at radius 2 is 2.04 bits per heavy atom. The molecule has 140 valence electrons. The maximum Gasteiger partial charge on any atom is 0.277 e. The summed E-state index contributed by atoms with van der Waals surface area (Å²) >= 11 is 1.55. The lowest BCUT2D eigenvalue weighted by atomic mass is 10.2. The molecule has 0 saturated carbocycles. The van der Waals surface area contributed by atoms with E-state index in [4.69, 9.17) is 4.74 Å². The molecule has 3 heterocycles. The largest absolute Gasteiger partial charge is 0.497 e. The van der Waals surface area contributed by atoms with Crippen LogP contribution < -0.4 is 14.5 Å². The van der Waals surface area contributed by atoms with Crippen molar-refractivity contribution in [2.24, 2.45) is 0 Å². The average Bonchev–Trinajstić information content (AvgIpc) is 3.28. The summed E-state index contributed by atoms with van der Waals surface area (Å²) in [5, 5.41) is 7.50. The van der Waals surface area contributed by atoms with Crippen LogP contribution in [0.2, 0.25) is 0 Å². The Labute approximate surface area is 161 Å². The molecule has 0 saturated heterocycles. The van der Waals surface area contributed by atoms with Crippen LogP contribution in [0.5, 0.6) is 5.75 Å². The Morgan fingerprint density at radius 3 is 2.70 bits per heavy atom. The van der Waals surface area contributed by atoms with Crippen molar-refractivity contribution in [1.29, 1.82) is 0 Å². The standard InChI is InChI=1S/C19H21N5O2S/c1-13-20-18(12-27-13)23-8-9-24-17(19(23)25)10-14(21-24)11-22(2)15-4-6-16(26-3)7-5-15/h4-7,10,12H,8-9,11H2,1-3H3. The fraction of sp³-hybridized carbons (Fsp3) is 0.316. The first kappa shape index (κ1) is 17.5. The summed E-state index contributed by atoms with van der Waals surface area (Å²) in [4.78, 5) is 21.1. The van der Waals surface area contributed by atoms with Crippen molar-refractivity contribution < 1.29 is 9.53 Å². The predicted molar refractivity (Wildman–Crippen MR) is 106 cm³/mol. The smallest absolute Gasteiger partial charge is 0.277 e. The van der Waals surface area contributed by atoms with E-state index in [0.29, 0.717) is 25.3 Å². The molecule has 27 heavy (non-hydrogen) atoms. The van der Waals surface area contributed by atoms with Crippen LogP contribution in [-0.4, -0.2) is 41.4 Å². The molecule has 8 heteroatoms. The molecule has 0 aliphatic carbocycles. The van der Waals surface area contributed by atoms with E-state index in [1.165, 1.54) is 0 Å². The number of methoxy groups -OCH3 is 1. The molecule has 4 rings (SSSR count). The number of ether oxygens (including phenoxy) is 1. The second-order valence-electron chi connectivity index (χ2n) is 6.48. The van der Waals surface area contributed by atoms with Gasteiger partial charge in [-0.15, -0.1) is 11.3 Å². The molecule has 0 spiro atoms. The molecule has 1 amide bonds. The summed E-state index contributed by atoms with van der Waals surface area (Å²) in [6, 6.07) is 9.76. The third-order valence-electron chi connectivity index (χ3n) is 4.63. The van der Waals surface area contributed by atoms with E-state index in [-0.39, 0.29) is 5.91 Å². The lowest BCUT2D eigenvalue weighted by molar-refractivity contribution is 0.0961. The summed E-state index contributed by atoms with van der Waals surface area (Å²) in [7, 11) is 3.66. The molecule has 2 aromatic heterocycles. The fourth-order valence-electron chi connectivity index (χ4n) is 3.19. The molecule has 7 nitrogen and oxygen atoms in total. The van der Waals surface area contributed by atoms with E-state index in [0.717, 1.165) is 28.0 Å². The summed E-state index contributed by atoms with van der Waals surface area (Å²) in [5.41, 5.74) is 2.55. The molecule has 1 aliphatic heterocycles. The van der Waals surface area contributed by atoms with E-state index >= 15 is 0 Å². The molecule has 3 aromatic rings. The molecule has 1 aliphatic rings. The van der Waals surface area contributed by atoms with Gasteiger partial charge in [-0.25, -0.2) is 4.98 Å². The van der Waals surface area contributed by atoms with Crippen molar-refractivity contribution in [2.45, 2.75) is 20.0 Å². The van der Waals surface area contributed by atoms with Crippen molar-refractivity contribution in [1.82, 2.24) is 14.8 Å². The quantitative estimate of drug-likeness (QED) is 0.678. The van der Waals surface area contributed by atoms with Crippen molar-refractivity contribution in [3.63, 3.8) is 0 Å². The maximum absolute atomic E-state index is 12.9. The minimum Gasteiger partial charge on any atom is -0.497 e. The Hall–Kier alpha value is -2.87. The van der Waals surface area contributed by atoms with Gasteiger partial charge in [-0.1, -0.05) is 0 Å². The molecule has 0 atom stereocenters. The topological polar surface area (TPSA) is 63.5 Å². The van der Waals surface area contributed by atoms with Gasteiger partial charge >= 0.3 is 0 Å². The van der Waals surface area contributed by atoms with Crippen LogP contribution in [0.4, 0.5) is 11.5 Å². The molecular weight excluding hydrogens is 362 g/mol. The molecular formula is C19H21N5O2S. The van der Waals surface area contributed by atoms with Gasteiger partial charge in [0.05, 0.1) is 30.9 Å². The number of rotatable bonds is 5. The summed E-state index contributed by atoms with van der Waals surface area (Å²) in [6.45, 7) is 3.82. The van der Waals surface area contributed by atoms with E-state index < -0.39 is 0 Å². The zero-order valence-electron chi connectivity index (χ0n) is 15.5. The van der Waals surface area contributed by atoms with Crippen LogP contribution in [0.3, 0.4) is 0 Å². The van der Waals surface area contributed by atoms with Gasteiger partial charge < -0.3 is 9.64 Å². The van der Waals surface area contributed by atoms with Crippen LogP contribution in [0.25, 0.3) is 0 Å². The maximum atomic E-state index is 12.9. The van der Waals surface area contributed by atoms with Crippen molar-refractivity contribution in [3.05, 3.63) is 52.1 Å². The van der Waals surface area contributed by atoms with Crippen LogP contribution in [-0.2, 0) is 13.1 Å². The van der Waals surface area contributed by atoms with Gasteiger partial charge in [0.25, 0.3) is 5.91 Å². The zero-order chi connectivity index (χ0) is 19.0. The van der Waals surface area contributed by atoms with Crippen LogP contribution in [0.15, 0.2) is 35.7 Å². The number of carbonyl (C=O) groups excluding carboxylic acids is 1. The second-order valence-corrected chi connectivity index (χ2v) is 7.54. The molecule has 1 aromatic carbocycles. The van der Waals surface area contributed by atoms with Gasteiger partial charge in [0.2, 0.25) is 0 Å². The van der Waals surface area contributed by atoms with Crippen molar-refractivity contribution >= 4 is 28.7 Å². The number of hydrogen-bond donors (Lipinski definition) is 0. The van der Waals surface area contributed by atoms with Crippen LogP contribution >= 0.6 is 11.3 Å². The van der Waals surface area contributed by atoms with E-state index in [9.17, 15) is 4.79 Å². The first-order valence-corrected chi connectivity index (χ1v) is 9.59. The highest BCUT2D eigenvalue weighted by atomic mass is 32.1. The van der Waals surface area contributed by atoms with E-state index in [2.05, 4.69) is 15.0 Å². The van der Waals surface area contributed by atoms with E-state index in [1.54, 1.807) is 28.0 Å². The summed E-state index contributed by atoms with van der Waals surface area (Å²) in [5.74, 6) is 1.51. The number of aryl methyl sites for hydroxylation is 1. The normalized spacial score (nSPS) is 13.6. The molecule has 0 N–H and O–H groups in total. The highest BCUT2D eigenvalue weighted by molar-refractivity contribution is 7.09. The second kappa shape index (κ2) is 7.03. The Bertz CT molecular complexity index is 963. The van der Waals surface area contributed by atoms with Crippen molar-refractivity contribution in [3.8, 4) is 5.75 Å². The molecule has 0 fully saturated rings. The van der Waals surface area contributed by atoms with Gasteiger partial charge in [-0.05, 0) is 37.3 Å². The number of carbonyl (C=O) groups is 1. The Kier molecular flexibility index (Phi) is 4.57. The van der Waals surface area contributed by atoms with Gasteiger partial charge in [0, 0.05) is 24.7 Å². The van der Waals surface area contributed by atoms with Gasteiger partial charge in [0.1, 0.15) is 17.3 Å². The summed E-state index contributed by atoms with van der Waals surface area (Å²) in [6.07, 6.45) is 0. The number of hydrogen-bond acceptors (Lipinski definition) is 6. The number of aromatic nitrogens is 3. The van der Waals surface area contributed by atoms with Crippen LogP contribution in [0.1, 0.15) is 21.2 Å². The number of fused-ring (bicyclic) bond motifs is 1. The van der Waals surface area contributed by atoms with Crippen LogP contribution in [0, 0.1) is 6.92 Å². The van der Waals surface area contributed by atoms with Gasteiger partial charge in [-0.2, -0.15) is 5.10 Å². The van der Waals surface area contributed by atoms with Crippen molar-refractivity contribution in [2.75, 3.05) is 30.5 Å². The molecule has 0 bridgehead atoms. The highest BCUT2D eigenvalue weighted by Gasteiger charge is 2.28. The first-order chi connectivity index (χ1) is 13.0. The SMILES string of the molecule is COc1ccc(N(C)Cc2cc3n(n2)CCN(c2csc(C)n2)C3=O)cc1.